The number of H-pyrrole nitrogens is 1. The molecule has 376 valence electrons. The third-order valence-corrected chi connectivity index (χ3v) is 12.2. The van der Waals surface area contributed by atoms with Crippen molar-refractivity contribution in [3.8, 4) is 11.3 Å². The molecule has 2 saturated heterocycles. The van der Waals surface area contributed by atoms with Crippen LogP contribution in [0.15, 0.2) is 55.6 Å². The van der Waals surface area contributed by atoms with E-state index in [9.17, 15) is 19.2 Å². The van der Waals surface area contributed by atoms with Crippen LogP contribution in [-0.4, -0.2) is 193 Å². The van der Waals surface area contributed by atoms with Crippen molar-refractivity contribution in [2.24, 2.45) is 0 Å². The van der Waals surface area contributed by atoms with Crippen LogP contribution in [0.25, 0.3) is 33.3 Å². The van der Waals surface area contributed by atoms with E-state index in [0.717, 1.165) is 61.3 Å². The number of carbonyl (C=O) groups is 4. The summed E-state index contributed by atoms with van der Waals surface area (Å²) in [4.78, 5) is 91.5. The first-order valence-electron chi connectivity index (χ1n) is 23.8. The summed E-state index contributed by atoms with van der Waals surface area (Å²) in [5, 5.41) is 23.4. The number of carbonyl (C=O) groups excluding carboxylic acids is 4. The zero-order valence-electron chi connectivity index (χ0n) is 39.5. The van der Waals surface area contributed by atoms with Gasteiger partial charge >= 0.3 is 0 Å². The van der Waals surface area contributed by atoms with Crippen molar-refractivity contribution in [1.82, 2.24) is 75.4 Å². The molecule has 0 radical (unpaired) electrons. The van der Waals surface area contributed by atoms with Gasteiger partial charge in [-0.3, -0.25) is 24.1 Å². The van der Waals surface area contributed by atoms with Crippen LogP contribution in [0.1, 0.15) is 41.6 Å². The van der Waals surface area contributed by atoms with Gasteiger partial charge in [0.15, 0.2) is 5.65 Å². The molecule has 0 saturated carbocycles. The zero-order chi connectivity index (χ0) is 49.4. The van der Waals surface area contributed by atoms with E-state index in [2.05, 4.69) is 65.6 Å². The second-order valence-corrected chi connectivity index (χ2v) is 17.0. The number of hydrogen-bond acceptors (Lipinski definition) is 19. The van der Waals surface area contributed by atoms with Gasteiger partial charge in [0.25, 0.3) is 5.91 Å². The van der Waals surface area contributed by atoms with Crippen molar-refractivity contribution in [2.75, 3.05) is 121 Å². The first kappa shape index (κ1) is 49.9. The molecule has 8 rings (SSSR count). The van der Waals surface area contributed by atoms with Gasteiger partial charge < -0.3 is 55.9 Å². The van der Waals surface area contributed by atoms with Crippen LogP contribution >= 0.6 is 0 Å². The number of amides is 4. The summed E-state index contributed by atoms with van der Waals surface area (Å²) in [5.41, 5.74) is 10.4. The van der Waals surface area contributed by atoms with Gasteiger partial charge in [0.2, 0.25) is 29.6 Å². The Kier molecular flexibility index (Phi) is 17.5. The van der Waals surface area contributed by atoms with Gasteiger partial charge in [0, 0.05) is 145 Å². The SMILES string of the molecule is Nc1ncnc2c1c(-c1cnc3[nH]ccc3c1)nn2CCCCNC(=O)c1cnc(N2CCN(CCOCCC(=O)N3CCN(c4ncc(CNC(=O)CCOCCNC(=O)CO)cn4)CC3)CC2)nc1. The van der Waals surface area contributed by atoms with Crippen molar-refractivity contribution in [3.63, 3.8) is 0 Å². The number of aromatic amines is 1. The predicted octanol–water partition coefficient (Wildman–Crippen LogP) is -0.249. The first-order valence-corrected chi connectivity index (χ1v) is 23.8. The second-order valence-electron chi connectivity index (χ2n) is 17.0. The average molecular weight is 977 g/mol. The number of fused-ring (bicyclic) bond motifs is 2. The van der Waals surface area contributed by atoms with Gasteiger partial charge in [-0.05, 0) is 25.0 Å². The van der Waals surface area contributed by atoms with Crippen LogP contribution in [-0.2, 0) is 36.9 Å². The number of anilines is 3. The van der Waals surface area contributed by atoms with Crippen LogP contribution in [0.3, 0.4) is 0 Å². The van der Waals surface area contributed by atoms with E-state index in [-0.39, 0.29) is 50.4 Å². The molecule has 71 heavy (non-hydrogen) atoms. The van der Waals surface area contributed by atoms with Crippen LogP contribution in [0.5, 0.6) is 0 Å². The summed E-state index contributed by atoms with van der Waals surface area (Å²) in [7, 11) is 0. The minimum Gasteiger partial charge on any atom is -0.387 e. The van der Waals surface area contributed by atoms with Crippen molar-refractivity contribution < 1.29 is 33.8 Å². The average Bonchev–Trinajstić information content (AvgIpc) is 4.04. The summed E-state index contributed by atoms with van der Waals surface area (Å²) < 4.78 is 13.0. The molecular weight excluding hydrogens is 917 g/mol. The molecule has 6 aromatic rings. The second kappa shape index (κ2) is 24.9. The number of ether oxygens (including phenoxy) is 2. The Labute approximate surface area is 408 Å². The molecule has 0 aliphatic carbocycles. The van der Waals surface area contributed by atoms with Crippen LogP contribution < -0.4 is 31.5 Å². The number of aryl methyl sites for hydroxylation is 1. The van der Waals surface area contributed by atoms with Gasteiger partial charge in [-0.25, -0.2) is 39.6 Å². The third kappa shape index (κ3) is 13.7. The van der Waals surface area contributed by atoms with E-state index in [1.54, 1.807) is 31.0 Å². The smallest absolute Gasteiger partial charge is 0.254 e. The predicted molar refractivity (Wildman–Crippen MR) is 261 cm³/mol. The number of aromatic nitrogens is 10. The summed E-state index contributed by atoms with van der Waals surface area (Å²) in [6.07, 6.45) is 13.5. The molecule has 4 amide bonds. The van der Waals surface area contributed by atoms with Crippen LogP contribution in [0.4, 0.5) is 17.7 Å². The number of aliphatic hydroxyl groups excluding tert-OH is 1. The van der Waals surface area contributed by atoms with Gasteiger partial charge in [0.05, 0.1) is 43.8 Å². The van der Waals surface area contributed by atoms with E-state index in [4.69, 9.17) is 25.4 Å². The molecule has 6 aromatic heterocycles. The lowest BCUT2D eigenvalue weighted by Gasteiger charge is -2.35. The van der Waals surface area contributed by atoms with Crippen LogP contribution in [0, 0.1) is 0 Å². The van der Waals surface area contributed by atoms with Gasteiger partial charge in [-0.1, -0.05) is 0 Å². The van der Waals surface area contributed by atoms with E-state index in [1.807, 2.05) is 32.8 Å². The molecule has 7 N–H and O–H groups in total. The van der Waals surface area contributed by atoms with Crippen molar-refractivity contribution >= 4 is 63.4 Å². The minimum absolute atomic E-state index is 0.0566. The highest BCUT2D eigenvalue weighted by Crippen LogP contribution is 2.31. The van der Waals surface area contributed by atoms with E-state index < -0.39 is 12.5 Å². The fraction of sp³-hybridized carbons (Fsp3) is 0.478. The molecular formula is C46H60N18O7. The highest BCUT2D eigenvalue weighted by atomic mass is 16.5. The Morgan fingerprint density at radius 2 is 1.44 bits per heavy atom. The molecule has 2 aliphatic heterocycles. The summed E-state index contributed by atoms with van der Waals surface area (Å²) in [6.45, 7) is 8.55. The number of unbranched alkanes of at least 4 members (excludes halogenated alkanes) is 1. The molecule has 8 heterocycles. The Bertz CT molecular complexity index is 2700. The fourth-order valence-electron chi connectivity index (χ4n) is 8.17. The Balaban J connectivity index is 0.654. The van der Waals surface area contributed by atoms with E-state index in [1.165, 1.54) is 6.33 Å². The molecule has 2 aliphatic rings. The Morgan fingerprint density at radius 1 is 0.718 bits per heavy atom. The molecule has 25 heteroatoms. The zero-order valence-corrected chi connectivity index (χ0v) is 39.5. The maximum atomic E-state index is 12.9. The summed E-state index contributed by atoms with van der Waals surface area (Å²) in [6, 6.07) is 3.96. The molecule has 2 fully saturated rings. The maximum absolute atomic E-state index is 12.9. The largest absolute Gasteiger partial charge is 0.387 e. The van der Waals surface area contributed by atoms with Gasteiger partial charge in [-0.2, -0.15) is 5.10 Å². The molecule has 0 aromatic carbocycles. The Morgan fingerprint density at radius 3 is 2.20 bits per heavy atom. The van der Waals surface area contributed by atoms with Gasteiger partial charge in [-0.15, -0.1) is 0 Å². The Hall–Kier alpha value is -7.48. The number of nitrogen functional groups attached to an aromatic ring is 1. The van der Waals surface area contributed by atoms with Crippen molar-refractivity contribution in [1.29, 1.82) is 0 Å². The van der Waals surface area contributed by atoms with E-state index >= 15 is 0 Å². The lowest BCUT2D eigenvalue weighted by atomic mass is 10.1. The lowest BCUT2D eigenvalue weighted by Crippen LogP contribution is -2.49. The number of aliphatic hydroxyl groups is 1. The number of nitrogens with two attached hydrogens (primary N) is 1. The van der Waals surface area contributed by atoms with E-state index in [0.29, 0.717) is 105 Å². The minimum atomic E-state index is -0.573. The molecule has 0 unspecified atom stereocenters. The normalized spacial score (nSPS) is 14.3. The lowest BCUT2D eigenvalue weighted by molar-refractivity contribution is -0.132. The maximum Gasteiger partial charge on any atom is 0.254 e. The van der Waals surface area contributed by atoms with Crippen molar-refractivity contribution in [2.45, 2.75) is 38.8 Å². The number of nitrogens with one attached hydrogen (secondary N) is 4. The van der Waals surface area contributed by atoms with Crippen molar-refractivity contribution in [3.05, 3.63) is 66.8 Å². The number of nitrogens with zero attached hydrogens (tertiary/aromatic N) is 13. The summed E-state index contributed by atoms with van der Waals surface area (Å²) in [5.74, 6) is 0.675. The molecule has 0 bridgehead atoms. The topological polar surface area (TPSA) is 306 Å². The standard InChI is InChI=1S/C46H60N18O7/c47-41-39-40(34-23-33-3-7-49-42(33)52-27-34)59-64(43(39)58-31-57-41)9-2-1-6-50-44(69)35-28-55-46(56-29-35)62-12-10-60(11-13-62)18-22-71-20-5-38(68)61-14-16-63(17-15-61)45-53-25-32(26-54-45)24-51-36(66)4-19-70-21-8-48-37(67)30-65/h3,7,23,25-29,31,65H,1-2,4-6,8-22,24,30H2,(H,48,67)(H,49,52)(H,50,69)(H,51,66)(H2,47,57,58). The monoisotopic (exact) mass is 976 g/mol. The quantitative estimate of drug-likeness (QED) is 0.0426. The number of hydrogen-bond donors (Lipinski definition) is 6. The first-order chi connectivity index (χ1) is 34.7. The number of piperazine rings is 2. The molecule has 25 nitrogen and oxygen atoms in total. The highest BCUT2D eigenvalue weighted by molar-refractivity contribution is 5.99. The third-order valence-electron chi connectivity index (χ3n) is 12.2. The van der Waals surface area contributed by atoms with Gasteiger partial charge in [0.1, 0.15) is 30.1 Å². The number of rotatable bonds is 24. The highest BCUT2D eigenvalue weighted by Gasteiger charge is 2.24. The molecule has 0 atom stereocenters. The fourth-order valence-corrected chi connectivity index (χ4v) is 8.17. The summed E-state index contributed by atoms with van der Waals surface area (Å²) >= 11 is 0. The van der Waals surface area contributed by atoms with Crippen LogP contribution in [0.2, 0.25) is 0 Å². The number of pyridine rings is 1. The molecule has 0 spiro atoms.